The minimum absolute atomic E-state index is 0.00269. The maximum absolute atomic E-state index is 12.4. The van der Waals surface area contributed by atoms with Crippen LogP contribution in [0.25, 0.3) is 0 Å². The first-order valence-corrected chi connectivity index (χ1v) is 10.1. The van der Waals surface area contributed by atoms with Gasteiger partial charge in [-0.25, -0.2) is 4.79 Å². The Kier molecular flexibility index (Phi) is 7.46. The van der Waals surface area contributed by atoms with Crippen LogP contribution in [0.15, 0.2) is 54.6 Å². The maximum Gasteiger partial charge on any atom is 0.315 e. The number of urea groups is 1. The average molecular weight is 382 g/mol. The molecule has 3 rings (SSSR count). The monoisotopic (exact) mass is 381 g/mol. The van der Waals surface area contributed by atoms with Gasteiger partial charge in [0.15, 0.2) is 0 Å². The Hall–Kier alpha value is -2.37. The minimum Gasteiger partial charge on any atom is -0.379 e. The van der Waals surface area contributed by atoms with E-state index in [0.717, 1.165) is 44.0 Å². The lowest BCUT2D eigenvalue weighted by molar-refractivity contribution is 0.0342. The van der Waals surface area contributed by atoms with Gasteiger partial charge < -0.3 is 15.4 Å². The molecule has 1 aliphatic rings. The topological polar surface area (TPSA) is 53.6 Å². The van der Waals surface area contributed by atoms with E-state index in [1.807, 2.05) is 18.2 Å². The Morgan fingerprint density at radius 3 is 2.29 bits per heavy atom. The average Bonchev–Trinajstić information content (AvgIpc) is 2.73. The van der Waals surface area contributed by atoms with Crippen molar-refractivity contribution in [2.24, 2.45) is 5.92 Å². The second-order valence-corrected chi connectivity index (χ2v) is 7.66. The van der Waals surface area contributed by atoms with Crippen LogP contribution in [0.1, 0.15) is 36.6 Å². The highest BCUT2D eigenvalue weighted by Gasteiger charge is 2.17. The zero-order valence-electron chi connectivity index (χ0n) is 16.9. The summed E-state index contributed by atoms with van der Waals surface area (Å²) in [6, 6.07) is 18.4. The number of ether oxygens (including phenoxy) is 1. The molecule has 1 fully saturated rings. The number of carbonyl (C=O) groups excluding carboxylic acids is 1. The quantitative estimate of drug-likeness (QED) is 0.769. The van der Waals surface area contributed by atoms with Gasteiger partial charge in [0.1, 0.15) is 0 Å². The lowest BCUT2D eigenvalue weighted by Gasteiger charge is -2.26. The molecule has 1 aliphatic heterocycles. The van der Waals surface area contributed by atoms with Gasteiger partial charge in [-0.2, -0.15) is 0 Å². The standard InChI is InChI=1S/C23H31N3O2/c1-18(2)22(21-6-4-3-5-7-21)25-23(27)24-16-19-8-10-20(11-9-19)17-26-12-14-28-15-13-26/h3-11,18,22H,12-17H2,1-2H3,(H2,24,25,27)/t22-/m0/s1. The van der Waals surface area contributed by atoms with E-state index in [4.69, 9.17) is 4.74 Å². The van der Waals surface area contributed by atoms with Gasteiger partial charge in [0, 0.05) is 26.2 Å². The first-order chi connectivity index (χ1) is 13.6. The van der Waals surface area contributed by atoms with Crippen LogP contribution < -0.4 is 10.6 Å². The summed E-state index contributed by atoms with van der Waals surface area (Å²) >= 11 is 0. The number of carbonyl (C=O) groups is 1. The van der Waals surface area contributed by atoms with Crippen LogP contribution in [0.3, 0.4) is 0 Å². The second-order valence-electron chi connectivity index (χ2n) is 7.66. The van der Waals surface area contributed by atoms with Crippen LogP contribution in [0, 0.1) is 5.92 Å². The zero-order valence-corrected chi connectivity index (χ0v) is 16.9. The molecule has 2 N–H and O–H groups in total. The fraction of sp³-hybridized carbons (Fsp3) is 0.435. The predicted octanol–water partition coefficient (Wildman–Crippen LogP) is 3.72. The van der Waals surface area contributed by atoms with Crippen LogP contribution in [-0.4, -0.2) is 37.2 Å². The van der Waals surface area contributed by atoms with Crippen LogP contribution in [0.5, 0.6) is 0 Å². The van der Waals surface area contributed by atoms with E-state index in [0.29, 0.717) is 12.5 Å². The number of nitrogens with zero attached hydrogens (tertiary/aromatic N) is 1. The molecule has 1 atom stereocenters. The van der Waals surface area contributed by atoms with Gasteiger partial charge in [0.2, 0.25) is 0 Å². The SMILES string of the molecule is CC(C)[C@H](NC(=O)NCc1ccc(CN2CCOCC2)cc1)c1ccccc1. The highest BCUT2D eigenvalue weighted by Crippen LogP contribution is 2.21. The number of amides is 2. The van der Waals surface area contributed by atoms with Gasteiger partial charge in [0.05, 0.1) is 19.3 Å². The molecule has 0 spiro atoms. The van der Waals surface area contributed by atoms with Crippen molar-refractivity contribution in [2.45, 2.75) is 33.0 Å². The smallest absolute Gasteiger partial charge is 0.315 e. The third-order valence-electron chi connectivity index (χ3n) is 5.10. The van der Waals surface area contributed by atoms with Crippen molar-refractivity contribution in [3.05, 3.63) is 71.3 Å². The van der Waals surface area contributed by atoms with Gasteiger partial charge in [-0.15, -0.1) is 0 Å². The van der Waals surface area contributed by atoms with Crippen LogP contribution >= 0.6 is 0 Å². The largest absolute Gasteiger partial charge is 0.379 e. The predicted molar refractivity (Wildman–Crippen MR) is 112 cm³/mol. The number of nitrogens with one attached hydrogen (secondary N) is 2. The lowest BCUT2D eigenvalue weighted by Crippen LogP contribution is -2.39. The zero-order chi connectivity index (χ0) is 19.8. The highest BCUT2D eigenvalue weighted by molar-refractivity contribution is 5.74. The van der Waals surface area contributed by atoms with E-state index in [1.54, 1.807) is 0 Å². The van der Waals surface area contributed by atoms with Crippen LogP contribution in [0.2, 0.25) is 0 Å². The van der Waals surface area contributed by atoms with E-state index >= 15 is 0 Å². The van der Waals surface area contributed by atoms with Crippen molar-refractivity contribution in [3.63, 3.8) is 0 Å². The molecule has 2 aromatic rings. The number of morpholine rings is 1. The molecule has 2 amide bonds. The van der Waals surface area contributed by atoms with Gasteiger partial charge in [-0.1, -0.05) is 68.4 Å². The molecule has 2 aromatic carbocycles. The second kappa shape index (κ2) is 10.2. The molecule has 0 saturated carbocycles. The fourth-order valence-corrected chi connectivity index (χ4v) is 3.45. The highest BCUT2D eigenvalue weighted by atomic mass is 16.5. The molecule has 0 radical (unpaired) electrons. The summed E-state index contributed by atoms with van der Waals surface area (Å²) in [4.78, 5) is 14.8. The van der Waals surface area contributed by atoms with Gasteiger partial charge in [-0.3, -0.25) is 4.90 Å². The van der Waals surface area contributed by atoms with E-state index in [1.165, 1.54) is 5.56 Å². The summed E-state index contributed by atoms with van der Waals surface area (Å²) in [5, 5.41) is 6.08. The lowest BCUT2D eigenvalue weighted by atomic mass is 9.96. The Morgan fingerprint density at radius 1 is 1.00 bits per heavy atom. The molecule has 28 heavy (non-hydrogen) atoms. The third-order valence-corrected chi connectivity index (χ3v) is 5.10. The van der Waals surface area contributed by atoms with Crippen molar-refractivity contribution < 1.29 is 9.53 Å². The Balaban J connectivity index is 1.48. The summed E-state index contributed by atoms with van der Waals surface area (Å²) in [5.41, 5.74) is 3.51. The number of rotatable bonds is 7. The molecule has 0 aliphatic carbocycles. The summed E-state index contributed by atoms with van der Waals surface area (Å²) in [5.74, 6) is 0.313. The molecule has 0 aromatic heterocycles. The van der Waals surface area contributed by atoms with Crippen molar-refractivity contribution in [1.82, 2.24) is 15.5 Å². The van der Waals surface area contributed by atoms with E-state index in [2.05, 4.69) is 65.8 Å². The van der Waals surface area contributed by atoms with Gasteiger partial charge >= 0.3 is 6.03 Å². The summed E-state index contributed by atoms with van der Waals surface area (Å²) in [6.07, 6.45) is 0. The normalized spacial score (nSPS) is 16.0. The molecule has 0 unspecified atom stereocenters. The van der Waals surface area contributed by atoms with Crippen molar-refractivity contribution in [1.29, 1.82) is 0 Å². The molecular formula is C23H31N3O2. The van der Waals surface area contributed by atoms with Crippen LogP contribution in [-0.2, 0) is 17.8 Å². The van der Waals surface area contributed by atoms with E-state index in [9.17, 15) is 4.79 Å². The minimum atomic E-state index is -0.139. The fourth-order valence-electron chi connectivity index (χ4n) is 3.45. The van der Waals surface area contributed by atoms with Crippen molar-refractivity contribution in [2.75, 3.05) is 26.3 Å². The molecular weight excluding hydrogens is 350 g/mol. The third kappa shape index (κ3) is 6.08. The number of hydrogen-bond donors (Lipinski definition) is 2. The first-order valence-electron chi connectivity index (χ1n) is 10.1. The van der Waals surface area contributed by atoms with Gasteiger partial charge in [0.25, 0.3) is 0 Å². The number of hydrogen-bond acceptors (Lipinski definition) is 3. The first kappa shape index (κ1) is 20.4. The van der Waals surface area contributed by atoms with Gasteiger partial charge in [-0.05, 0) is 22.6 Å². The summed E-state index contributed by atoms with van der Waals surface area (Å²) in [6.45, 7) is 9.31. The summed E-state index contributed by atoms with van der Waals surface area (Å²) in [7, 11) is 0. The van der Waals surface area contributed by atoms with Crippen LogP contribution in [0.4, 0.5) is 4.79 Å². The molecule has 0 bridgehead atoms. The Morgan fingerprint density at radius 2 is 1.64 bits per heavy atom. The molecule has 1 saturated heterocycles. The maximum atomic E-state index is 12.4. The molecule has 150 valence electrons. The number of benzene rings is 2. The van der Waals surface area contributed by atoms with E-state index in [-0.39, 0.29) is 12.1 Å². The van der Waals surface area contributed by atoms with Crippen molar-refractivity contribution in [3.8, 4) is 0 Å². The van der Waals surface area contributed by atoms with E-state index < -0.39 is 0 Å². The Bertz CT molecular complexity index is 725. The molecule has 5 nitrogen and oxygen atoms in total. The molecule has 5 heteroatoms. The summed E-state index contributed by atoms with van der Waals surface area (Å²) < 4.78 is 5.39. The molecule has 1 heterocycles. The Labute approximate surface area is 168 Å². The van der Waals surface area contributed by atoms with Crippen molar-refractivity contribution >= 4 is 6.03 Å².